The van der Waals surface area contributed by atoms with Gasteiger partial charge >= 0.3 is 5.97 Å². The summed E-state index contributed by atoms with van der Waals surface area (Å²) in [6.07, 6.45) is 3.44. The van der Waals surface area contributed by atoms with Crippen molar-refractivity contribution in [2.75, 3.05) is 32.4 Å². The molecule has 1 aromatic carbocycles. The summed E-state index contributed by atoms with van der Waals surface area (Å²) in [6.45, 7) is 2.20. The summed E-state index contributed by atoms with van der Waals surface area (Å²) >= 11 is 1.31. The summed E-state index contributed by atoms with van der Waals surface area (Å²) < 4.78 is 15.8. The van der Waals surface area contributed by atoms with E-state index in [1.807, 2.05) is 12.1 Å². The average Bonchev–Trinajstić information content (AvgIpc) is 3.17. The molecule has 0 radical (unpaired) electrons. The highest BCUT2D eigenvalue weighted by molar-refractivity contribution is 7.14. The van der Waals surface area contributed by atoms with Crippen LogP contribution in [-0.2, 0) is 4.74 Å². The van der Waals surface area contributed by atoms with Gasteiger partial charge in [-0.15, -0.1) is 11.3 Å². The van der Waals surface area contributed by atoms with E-state index in [-0.39, 0.29) is 12.4 Å². The van der Waals surface area contributed by atoms with E-state index in [1.165, 1.54) is 11.3 Å². The molecule has 3 aromatic rings. The molecular weight excluding hydrogens is 368 g/mol. The zero-order valence-electron chi connectivity index (χ0n) is 15.3. The second-order valence-corrected chi connectivity index (χ2v) is 6.27. The third kappa shape index (κ3) is 3.64. The highest BCUT2D eigenvalue weighted by Gasteiger charge is 2.19. The lowest BCUT2D eigenvalue weighted by molar-refractivity contribution is 0.0520. The number of esters is 1. The molecule has 142 valence electrons. The molecule has 2 heterocycles. The lowest BCUT2D eigenvalue weighted by Gasteiger charge is -2.21. The number of thiazole rings is 1. The van der Waals surface area contributed by atoms with Crippen molar-refractivity contribution in [1.29, 1.82) is 0 Å². The number of rotatable bonds is 7. The van der Waals surface area contributed by atoms with Gasteiger partial charge in [-0.1, -0.05) is 0 Å². The highest BCUT2D eigenvalue weighted by atomic mass is 32.1. The monoisotopic (exact) mass is 388 g/mol. The van der Waals surface area contributed by atoms with Gasteiger partial charge in [-0.2, -0.15) is 0 Å². The van der Waals surface area contributed by atoms with Crippen LogP contribution in [0, 0.1) is 0 Å². The van der Waals surface area contributed by atoms with Crippen LogP contribution in [-0.4, -0.2) is 43.4 Å². The summed E-state index contributed by atoms with van der Waals surface area (Å²) in [5.41, 5.74) is 6.99. The number of methoxy groups -OCH3 is 2. The molecule has 27 heavy (non-hydrogen) atoms. The number of nitrogens with two attached hydrogens (primary N) is 1. The molecule has 0 amide bonds. The van der Waals surface area contributed by atoms with E-state index in [2.05, 4.69) is 9.97 Å². The molecule has 0 aliphatic carbocycles. The summed E-state index contributed by atoms with van der Waals surface area (Å²) in [5.74, 6) is 0.752. The molecule has 0 saturated carbocycles. The molecular formula is C18H20N4O4S. The van der Waals surface area contributed by atoms with Crippen molar-refractivity contribution in [2.45, 2.75) is 6.92 Å². The molecule has 0 aliphatic heterocycles. The molecule has 0 unspecified atom stereocenters. The number of fused-ring (bicyclic) bond motifs is 1. The molecule has 0 aliphatic rings. The SMILES string of the molecule is CCOC(=O)c1csc(N(CN)c2cncc3cc(OC)c(OC)cc23)n1. The summed E-state index contributed by atoms with van der Waals surface area (Å²) in [6, 6.07) is 3.72. The molecule has 0 spiro atoms. The Balaban J connectivity index is 2.07. The Morgan fingerprint density at radius 2 is 1.96 bits per heavy atom. The predicted molar refractivity (Wildman–Crippen MR) is 104 cm³/mol. The number of nitrogens with zero attached hydrogens (tertiary/aromatic N) is 3. The van der Waals surface area contributed by atoms with E-state index in [1.54, 1.807) is 43.8 Å². The predicted octanol–water partition coefficient (Wildman–Crippen LogP) is 2.94. The van der Waals surface area contributed by atoms with Crippen LogP contribution in [0.25, 0.3) is 10.8 Å². The number of hydrogen-bond donors (Lipinski definition) is 1. The van der Waals surface area contributed by atoms with Crippen LogP contribution in [0.15, 0.2) is 29.9 Å². The standard InChI is InChI=1S/C18H20N4O4S/c1-4-26-17(23)13-9-27-18(21-13)22(10-19)14-8-20-7-11-5-15(24-2)16(25-3)6-12(11)14/h5-9H,4,10,19H2,1-3H3. The minimum absolute atomic E-state index is 0.158. The van der Waals surface area contributed by atoms with E-state index >= 15 is 0 Å². The van der Waals surface area contributed by atoms with Crippen molar-refractivity contribution in [1.82, 2.24) is 9.97 Å². The second-order valence-electron chi connectivity index (χ2n) is 5.43. The Morgan fingerprint density at radius 1 is 1.22 bits per heavy atom. The zero-order valence-corrected chi connectivity index (χ0v) is 16.1. The van der Waals surface area contributed by atoms with Crippen LogP contribution in [0.3, 0.4) is 0 Å². The van der Waals surface area contributed by atoms with Gasteiger partial charge in [0.05, 0.1) is 39.4 Å². The van der Waals surface area contributed by atoms with Crippen molar-refractivity contribution in [2.24, 2.45) is 5.73 Å². The third-order valence-corrected chi connectivity index (χ3v) is 4.79. The summed E-state index contributed by atoms with van der Waals surface area (Å²) in [5, 5.41) is 3.97. The molecule has 0 saturated heterocycles. The molecule has 2 N–H and O–H groups in total. The number of ether oxygens (including phenoxy) is 3. The fourth-order valence-electron chi connectivity index (χ4n) is 2.66. The normalized spacial score (nSPS) is 10.7. The first-order chi connectivity index (χ1) is 13.1. The van der Waals surface area contributed by atoms with E-state index in [4.69, 9.17) is 19.9 Å². The number of benzene rings is 1. The van der Waals surface area contributed by atoms with Crippen molar-refractivity contribution in [3.05, 3.63) is 35.6 Å². The second kappa shape index (κ2) is 8.19. The van der Waals surface area contributed by atoms with Crippen molar-refractivity contribution in [3.8, 4) is 11.5 Å². The fraction of sp³-hybridized carbons (Fsp3) is 0.278. The highest BCUT2D eigenvalue weighted by Crippen LogP contribution is 2.38. The Hall–Kier alpha value is -2.91. The van der Waals surface area contributed by atoms with Gasteiger partial charge in [-0.05, 0) is 19.1 Å². The molecule has 8 nitrogen and oxygen atoms in total. The Morgan fingerprint density at radius 3 is 2.63 bits per heavy atom. The van der Waals surface area contributed by atoms with Gasteiger partial charge in [-0.25, -0.2) is 9.78 Å². The minimum atomic E-state index is -0.459. The van der Waals surface area contributed by atoms with Gasteiger partial charge < -0.3 is 24.8 Å². The van der Waals surface area contributed by atoms with Crippen LogP contribution >= 0.6 is 11.3 Å². The van der Waals surface area contributed by atoms with Gasteiger partial charge in [-0.3, -0.25) is 4.98 Å². The van der Waals surface area contributed by atoms with E-state index in [9.17, 15) is 4.79 Å². The zero-order chi connectivity index (χ0) is 19.4. The molecule has 0 bridgehead atoms. The van der Waals surface area contributed by atoms with E-state index in [0.29, 0.717) is 23.2 Å². The molecule has 2 aromatic heterocycles. The van der Waals surface area contributed by atoms with Crippen LogP contribution in [0.1, 0.15) is 17.4 Å². The minimum Gasteiger partial charge on any atom is -0.493 e. The van der Waals surface area contributed by atoms with E-state index < -0.39 is 5.97 Å². The lowest BCUT2D eigenvalue weighted by Crippen LogP contribution is -2.25. The van der Waals surface area contributed by atoms with Gasteiger partial charge in [0.1, 0.15) is 0 Å². The molecule has 9 heteroatoms. The quantitative estimate of drug-likeness (QED) is 0.487. The maximum atomic E-state index is 11.9. The molecule has 3 rings (SSSR count). The first-order valence-electron chi connectivity index (χ1n) is 8.22. The van der Waals surface area contributed by atoms with Gasteiger partial charge in [0, 0.05) is 22.3 Å². The van der Waals surface area contributed by atoms with Gasteiger partial charge in [0.15, 0.2) is 22.3 Å². The van der Waals surface area contributed by atoms with Crippen LogP contribution in [0.5, 0.6) is 11.5 Å². The number of hydrogen-bond acceptors (Lipinski definition) is 9. The van der Waals surface area contributed by atoms with Crippen molar-refractivity contribution in [3.63, 3.8) is 0 Å². The van der Waals surface area contributed by atoms with Gasteiger partial charge in [0.2, 0.25) is 0 Å². The average molecular weight is 388 g/mol. The first kappa shape index (κ1) is 18.9. The Labute approximate surface area is 160 Å². The molecule has 0 fully saturated rings. The van der Waals surface area contributed by atoms with Crippen molar-refractivity contribution >= 4 is 38.9 Å². The molecule has 0 atom stereocenters. The number of anilines is 2. The fourth-order valence-corrected chi connectivity index (χ4v) is 3.48. The lowest BCUT2D eigenvalue weighted by atomic mass is 10.1. The Kier molecular flexibility index (Phi) is 5.72. The summed E-state index contributed by atoms with van der Waals surface area (Å²) in [4.78, 5) is 22.4. The van der Waals surface area contributed by atoms with Crippen LogP contribution < -0.4 is 20.1 Å². The number of aromatic nitrogens is 2. The maximum absolute atomic E-state index is 11.9. The van der Waals surface area contributed by atoms with Crippen LogP contribution in [0.2, 0.25) is 0 Å². The number of pyridine rings is 1. The smallest absolute Gasteiger partial charge is 0.357 e. The van der Waals surface area contributed by atoms with Gasteiger partial charge in [0.25, 0.3) is 0 Å². The number of carbonyl (C=O) groups excluding carboxylic acids is 1. The van der Waals surface area contributed by atoms with Crippen LogP contribution in [0.4, 0.5) is 10.8 Å². The van der Waals surface area contributed by atoms with Crippen molar-refractivity contribution < 1.29 is 19.0 Å². The number of carbonyl (C=O) groups is 1. The largest absolute Gasteiger partial charge is 0.493 e. The third-order valence-electron chi connectivity index (χ3n) is 3.92. The summed E-state index contributed by atoms with van der Waals surface area (Å²) in [7, 11) is 3.16. The topological polar surface area (TPSA) is 99.8 Å². The maximum Gasteiger partial charge on any atom is 0.357 e. The van der Waals surface area contributed by atoms with E-state index in [0.717, 1.165) is 16.5 Å². The Bertz CT molecular complexity index is 960. The first-order valence-corrected chi connectivity index (χ1v) is 9.10.